The number of aromatic nitrogens is 2. The molecule has 1 saturated heterocycles. The average Bonchev–Trinajstić information content (AvgIpc) is 2.45. The molecule has 118 valence electrons. The molecular formula is C16H29N5. The topological polar surface area (TPSA) is 53.1 Å². The van der Waals surface area contributed by atoms with Crippen LogP contribution < -0.4 is 10.6 Å². The van der Waals surface area contributed by atoms with Gasteiger partial charge in [-0.3, -0.25) is 0 Å². The summed E-state index contributed by atoms with van der Waals surface area (Å²) >= 11 is 0. The van der Waals surface area contributed by atoms with Gasteiger partial charge in [0.1, 0.15) is 5.82 Å². The van der Waals surface area contributed by atoms with Crippen LogP contribution in [0.3, 0.4) is 0 Å². The number of piperidine rings is 1. The number of rotatable bonds is 7. The standard InChI is InChI=1S/C16H29N5/c1-4-8-17-16-19-13(2)11-15(20-16)18-14(3)12-21-9-6-5-7-10-21/h11,14H,4-10,12H2,1-3H3,(H2,17,18,19,20). The average molecular weight is 291 g/mol. The minimum Gasteiger partial charge on any atom is -0.366 e. The van der Waals surface area contributed by atoms with Crippen molar-refractivity contribution in [2.75, 3.05) is 36.8 Å². The second-order valence-corrected chi connectivity index (χ2v) is 6.05. The summed E-state index contributed by atoms with van der Waals surface area (Å²) in [6, 6.07) is 2.42. The molecular weight excluding hydrogens is 262 g/mol. The molecule has 5 nitrogen and oxygen atoms in total. The number of hydrogen-bond donors (Lipinski definition) is 2. The Morgan fingerprint density at radius 1 is 1.24 bits per heavy atom. The summed E-state index contributed by atoms with van der Waals surface area (Å²) in [6.07, 6.45) is 5.14. The van der Waals surface area contributed by atoms with Crippen molar-refractivity contribution in [3.05, 3.63) is 11.8 Å². The molecule has 1 aromatic heterocycles. The molecule has 1 aliphatic rings. The van der Waals surface area contributed by atoms with Crippen LogP contribution in [-0.4, -0.2) is 47.1 Å². The van der Waals surface area contributed by atoms with Gasteiger partial charge >= 0.3 is 0 Å². The van der Waals surface area contributed by atoms with Gasteiger partial charge in [-0.2, -0.15) is 4.98 Å². The van der Waals surface area contributed by atoms with Crippen LogP contribution in [0.5, 0.6) is 0 Å². The highest BCUT2D eigenvalue weighted by molar-refractivity contribution is 5.42. The summed E-state index contributed by atoms with van der Waals surface area (Å²) in [4.78, 5) is 11.5. The maximum Gasteiger partial charge on any atom is 0.224 e. The van der Waals surface area contributed by atoms with Gasteiger partial charge in [0.15, 0.2) is 0 Å². The molecule has 2 heterocycles. The lowest BCUT2D eigenvalue weighted by atomic mass is 10.1. The molecule has 5 heteroatoms. The maximum atomic E-state index is 4.55. The molecule has 0 bridgehead atoms. The Morgan fingerprint density at radius 2 is 2.00 bits per heavy atom. The summed E-state index contributed by atoms with van der Waals surface area (Å²) in [7, 11) is 0. The largest absolute Gasteiger partial charge is 0.366 e. The zero-order chi connectivity index (χ0) is 15.1. The Balaban J connectivity index is 1.89. The predicted octanol–water partition coefficient (Wildman–Crippen LogP) is 2.89. The molecule has 1 aromatic rings. The van der Waals surface area contributed by atoms with E-state index in [1.165, 1.54) is 32.4 Å². The van der Waals surface area contributed by atoms with Crippen LogP contribution in [0.2, 0.25) is 0 Å². The van der Waals surface area contributed by atoms with E-state index < -0.39 is 0 Å². The van der Waals surface area contributed by atoms with Crippen LogP contribution in [0.15, 0.2) is 6.07 Å². The van der Waals surface area contributed by atoms with Gasteiger partial charge in [0.2, 0.25) is 5.95 Å². The molecule has 0 spiro atoms. The normalized spacial score (nSPS) is 17.5. The molecule has 1 aliphatic heterocycles. The predicted molar refractivity (Wildman–Crippen MR) is 88.9 cm³/mol. The molecule has 0 aromatic carbocycles. The van der Waals surface area contributed by atoms with Crippen molar-refractivity contribution in [1.29, 1.82) is 0 Å². The van der Waals surface area contributed by atoms with Crippen LogP contribution in [0, 0.1) is 6.92 Å². The first-order chi connectivity index (χ1) is 10.2. The highest BCUT2D eigenvalue weighted by atomic mass is 15.2. The van der Waals surface area contributed by atoms with Crippen molar-refractivity contribution < 1.29 is 0 Å². The van der Waals surface area contributed by atoms with E-state index in [9.17, 15) is 0 Å². The molecule has 0 amide bonds. The van der Waals surface area contributed by atoms with Crippen molar-refractivity contribution in [3.8, 4) is 0 Å². The van der Waals surface area contributed by atoms with Gasteiger partial charge in [-0.15, -0.1) is 0 Å². The maximum absolute atomic E-state index is 4.55. The Morgan fingerprint density at radius 3 is 2.71 bits per heavy atom. The van der Waals surface area contributed by atoms with Crippen LogP contribution in [0.1, 0.15) is 45.2 Å². The molecule has 1 fully saturated rings. The number of likely N-dealkylation sites (tertiary alicyclic amines) is 1. The number of nitrogens with one attached hydrogen (secondary N) is 2. The number of nitrogens with zero attached hydrogens (tertiary/aromatic N) is 3. The third-order valence-corrected chi connectivity index (χ3v) is 3.76. The van der Waals surface area contributed by atoms with E-state index in [4.69, 9.17) is 0 Å². The van der Waals surface area contributed by atoms with Crippen molar-refractivity contribution in [1.82, 2.24) is 14.9 Å². The van der Waals surface area contributed by atoms with Crippen LogP contribution in [0.4, 0.5) is 11.8 Å². The van der Waals surface area contributed by atoms with Gasteiger partial charge in [0.25, 0.3) is 0 Å². The van der Waals surface area contributed by atoms with Crippen molar-refractivity contribution in [2.45, 2.75) is 52.5 Å². The molecule has 0 aliphatic carbocycles. The van der Waals surface area contributed by atoms with Gasteiger partial charge in [-0.25, -0.2) is 4.98 Å². The fourth-order valence-corrected chi connectivity index (χ4v) is 2.79. The van der Waals surface area contributed by atoms with E-state index in [-0.39, 0.29) is 0 Å². The highest BCUT2D eigenvalue weighted by Gasteiger charge is 2.14. The molecule has 1 unspecified atom stereocenters. The summed E-state index contributed by atoms with van der Waals surface area (Å²) < 4.78 is 0. The van der Waals surface area contributed by atoms with Crippen LogP contribution >= 0.6 is 0 Å². The lowest BCUT2D eigenvalue weighted by molar-refractivity contribution is 0.223. The van der Waals surface area contributed by atoms with E-state index >= 15 is 0 Å². The Labute approximate surface area is 128 Å². The van der Waals surface area contributed by atoms with E-state index in [1.54, 1.807) is 0 Å². The van der Waals surface area contributed by atoms with Gasteiger partial charge in [-0.05, 0) is 46.2 Å². The molecule has 1 atom stereocenters. The van der Waals surface area contributed by atoms with Crippen molar-refractivity contribution >= 4 is 11.8 Å². The second kappa shape index (κ2) is 8.17. The summed E-state index contributed by atoms with van der Waals surface area (Å²) in [5, 5.41) is 6.77. The zero-order valence-electron chi connectivity index (χ0n) is 13.7. The molecule has 2 N–H and O–H groups in total. The van der Waals surface area contributed by atoms with Crippen molar-refractivity contribution in [2.24, 2.45) is 0 Å². The first kappa shape index (κ1) is 16.0. The van der Waals surface area contributed by atoms with E-state index in [1.807, 2.05) is 13.0 Å². The van der Waals surface area contributed by atoms with Gasteiger partial charge < -0.3 is 15.5 Å². The molecule has 0 radical (unpaired) electrons. The van der Waals surface area contributed by atoms with Gasteiger partial charge in [-0.1, -0.05) is 13.3 Å². The SMILES string of the molecule is CCCNc1nc(C)cc(NC(C)CN2CCCCC2)n1. The Bertz CT molecular complexity index is 429. The molecule has 0 saturated carbocycles. The third kappa shape index (κ3) is 5.50. The van der Waals surface area contributed by atoms with Gasteiger partial charge in [0.05, 0.1) is 0 Å². The lowest BCUT2D eigenvalue weighted by Crippen LogP contribution is -2.38. The third-order valence-electron chi connectivity index (χ3n) is 3.76. The van der Waals surface area contributed by atoms with E-state index in [2.05, 4.69) is 39.3 Å². The zero-order valence-corrected chi connectivity index (χ0v) is 13.7. The first-order valence-electron chi connectivity index (χ1n) is 8.26. The molecule has 2 rings (SSSR count). The minimum atomic E-state index is 0.399. The van der Waals surface area contributed by atoms with Gasteiger partial charge in [0, 0.05) is 30.9 Å². The van der Waals surface area contributed by atoms with Crippen LogP contribution in [-0.2, 0) is 0 Å². The number of aryl methyl sites for hydroxylation is 1. The smallest absolute Gasteiger partial charge is 0.224 e. The Kier molecular flexibility index (Phi) is 6.23. The number of hydrogen-bond acceptors (Lipinski definition) is 5. The first-order valence-corrected chi connectivity index (χ1v) is 8.26. The summed E-state index contributed by atoms with van der Waals surface area (Å²) in [5.41, 5.74) is 0.997. The van der Waals surface area contributed by atoms with Crippen LogP contribution in [0.25, 0.3) is 0 Å². The van der Waals surface area contributed by atoms with E-state index in [0.717, 1.165) is 37.0 Å². The quantitative estimate of drug-likeness (QED) is 0.809. The fourth-order valence-electron chi connectivity index (χ4n) is 2.79. The molecule has 21 heavy (non-hydrogen) atoms. The van der Waals surface area contributed by atoms with Crippen molar-refractivity contribution in [3.63, 3.8) is 0 Å². The Hall–Kier alpha value is -1.36. The van der Waals surface area contributed by atoms with E-state index in [0.29, 0.717) is 6.04 Å². The fraction of sp³-hybridized carbons (Fsp3) is 0.750. The minimum absolute atomic E-state index is 0.399. The highest BCUT2D eigenvalue weighted by Crippen LogP contribution is 2.13. The lowest BCUT2D eigenvalue weighted by Gasteiger charge is -2.29. The monoisotopic (exact) mass is 291 g/mol. The summed E-state index contributed by atoms with van der Waals surface area (Å²) in [5.74, 6) is 1.65. The number of anilines is 2. The summed E-state index contributed by atoms with van der Waals surface area (Å²) in [6.45, 7) is 10.8. The second-order valence-electron chi connectivity index (χ2n) is 6.05.